The molecule has 0 saturated heterocycles. The lowest BCUT2D eigenvalue weighted by Crippen LogP contribution is -2.34. The number of hydrogen-bond donors (Lipinski definition) is 0. The Hall–Kier alpha value is 0.210. The molecule has 0 bridgehead atoms. The molecule has 0 saturated carbocycles. The summed E-state index contributed by atoms with van der Waals surface area (Å²) in [6.07, 6.45) is 0. The Morgan fingerprint density at radius 2 is 1.60 bits per heavy atom. The van der Waals surface area contributed by atoms with Gasteiger partial charge in [-0.25, -0.2) is 0 Å². The molecular weight excluding hydrogens is 152 g/mol. The minimum atomic E-state index is -0.592. The van der Waals surface area contributed by atoms with Gasteiger partial charge in [-0.15, -0.1) is 11.6 Å². The summed E-state index contributed by atoms with van der Waals surface area (Å²) in [5, 5.41) is 0. The number of hydrogen-bond acceptors (Lipinski definition) is 2. The van der Waals surface area contributed by atoms with Crippen molar-refractivity contribution < 1.29 is 9.47 Å². The minimum Gasteiger partial charge on any atom is -0.349 e. The molecular formula is C7H15ClO2. The van der Waals surface area contributed by atoms with Crippen LogP contribution in [0.15, 0.2) is 0 Å². The van der Waals surface area contributed by atoms with Crippen LogP contribution in [-0.2, 0) is 9.47 Å². The highest BCUT2D eigenvalue weighted by molar-refractivity contribution is 6.18. The van der Waals surface area contributed by atoms with Crippen LogP contribution in [0.1, 0.15) is 20.8 Å². The molecule has 0 N–H and O–H groups in total. The van der Waals surface area contributed by atoms with Crippen molar-refractivity contribution in [1.82, 2.24) is 0 Å². The third-order valence-electron chi connectivity index (χ3n) is 1.14. The molecule has 0 aliphatic carbocycles. The van der Waals surface area contributed by atoms with Gasteiger partial charge in [0.15, 0.2) is 5.79 Å². The van der Waals surface area contributed by atoms with E-state index in [-0.39, 0.29) is 0 Å². The molecule has 0 aromatic rings. The summed E-state index contributed by atoms with van der Waals surface area (Å²) in [7, 11) is 0. The Kier molecular flexibility index (Phi) is 5.04. The molecule has 0 aromatic carbocycles. The predicted molar refractivity (Wildman–Crippen MR) is 42.4 cm³/mol. The van der Waals surface area contributed by atoms with E-state index in [1.165, 1.54) is 0 Å². The summed E-state index contributed by atoms with van der Waals surface area (Å²) in [6, 6.07) is 0. The first-order valence-electron chi connectivity index (χ1n) is 3.52. The Morgan fingerprint density at radius 3 is 1.80 bits per heavy atom. The minimum absolute atomic E-state index is 0.370. The summed E-state index contributed by atoms with van der Waals surface area (Å²) in [6.45, 7) is 6.94. The summed E-state index contributed by atoms with van der Waals surface area (Å²) in [5.74, 6) is -0.222. The number of alkyl halides is 1. The average Bonchev–Trinajstić information content (AvgIpc) is 1.89. The molecule has 2 nitrogen and oxygen atoms in total. The Labute approximate surface area is 67.5 Å². The molecule has 0 amide bonds. The molecule has 3 heteroatoms. The van der Waals surface area contributed by atoms with Gasteiger partial charge in [-0.1, -0.05) is 0 Å². The van der Waals surface area contributed by atoms with Crippen molar-refractivity contribution in [2.24, 2.45) is 0 Å². The summed E-state index contributed by atoms with van der Waals surface area (Å²) >= 11 is 5.62. The van der Waals surface area contributed by atoms with Crippen molar-refractivity contribution in [3.8, 4) is 0 Å². The van der Waals surface area contributed by atoms with E-state index in [1.807, 2.05) is 20.8 Å². The van der Waals surface area contributed by atoms with E-state index in [0.29, 0.717) is 19.1 Å². The summed E-state index contributed by atoms with van der Waals surface area (Å²) < 4.78 is 10.5. The first-order valence-corrected chi connectivity index (χ1v) is 4.06. The van der Waals surface area contributed by atoms with Gasteiger partial charge in [0.1, 0.15) is 0 Å². The molecule has 10 heavy (non-hydrogen) atoms. The molecule has 0 heterocycles. The number of ether oxygens (including phenoxy) is 2. The van der Waals surface area contributed by atoms with E-state index >= 15 is 0 Å². The molecule has 0 unspecified atom stereocenters. The van der Waals surface area contributed by atoms with Gasteiger partial charge >= 0.3 is 0 Å². The summed E-state index contributed by atoms with van der Waals surface area (Å²) in [5.41, 5.74) is 0. The van der Waals surface area contributed by atoms with Crippen molar-refractivity contribution in [3.63, 3.8) is 0 Å². The van der Waals surface area contributed by atoms with E-state index in [0.717, 1.165) is 0 Å². The molecule has 0 atom stereocenters. The molecule has 0 fully saturated rings. The smallest absolute Gasteiger partial charge is 0.178 e. The van der Waals surface area contributed by atoms with Gasteiger partial charge in [0.05, 0.1) is 5.88 Å². The zero-order chi connectivity index (χ0) is 8.04. The van der Waals surface area contributed by atoms with Gasteiger partial charge in [-0.3, -0.25) is 0 Å². The van der Waals surface area contributed by atoms with Crippen LogP contribution in [-0.4, -0.2) is 24.9 Å². The Bertz CT molecular complexity index is 79.7. The molecule has 0 radical (unpaired) electrons. The van der Waals surface area contributed by atoms with E-state index < -0.39 is 5.79 Å². The lowest BCUT2D eigenvalue weighted by atomic mass is 10.4. The first kappa shape index (κ1) is 10.2. The van der Waals surface area contributed by atoms with E-state index in [2.05, 4.69) is 0 Å². The lowest BCUT2D eigenvalue weighted by Gasteiger charge is -2.26. The number of rotatable bonds is 5. The fraction of sp³-hybridized carbons (Fsp3) is 1.00. The highest BCUT2D eigenvalue weighted by Gasteiger charge is 2.22. The van der Waals surface area contributed by atoms with Crippen molar-refractivity contribution in [3.05, 3.63) is 0 Å². The highest BCUT2D eigenvalue weighted by Crippen LogP contribution is 2.13. The monoisotopic (exact) mass is 166 g/mol. The van der Waals surface area contributed by atoms with Crippen molar-refractivity contribution >= 4 is 11.6 Å². The summed E-state index contributed by atoms with van der Waals surface area (Å²) in [4.78, 5) is 0. The number of halogens is 1. The molecule has 0 aliphatic rings. The normalized spacial score (nSPS) is 12.0. The van der Waals surface area contributed by atoms with Crippen LogP contribution < -0.4 is 0 Å². The van der Waals surface area contributed by atoms with Crippen LogP contribution in [0.2, 0.25) is 0 Å². The van der Waals surface area contributed by atoms with Crippen LogP contribution in [0.3, 0.4) is 0 Å². The Balaban J connectivity index is 3.69. The van der Waals surface area contributed by atoms with E-state index in [9.17, 15) is 0 Å². The van der Waals surface area contributed by atoms with E-state index in [4.69, 9.17) is 21.1 Å². The fourth-order valence-corrected chi connectivity index (χ4v) is 0.884. The van der Waals surface area contributed by atoms with Crippen molar-refractivity contribution in [2.45, 2.75) is 26.6 Å². The van der Waals surface area contributed by atoms with Crippen LogP contribution in [0.5, 0.6) is 0 Å². The van der Waals surface area contributed by atoms with Crippen LogP contribution in [0, 0.1) is 0 Å². The molecule has 0 aromatic heterocycles. The van der Waals surface area contributed by atoms with Gasteiger partial charge < -0.3 is 9.47 Å². The predicted octanol–water partition coefficient (Wildman–Crippen LogP) is 2.01. The van der Waals surface area contributed by atoms with Gasteiger partial charge in [0, 0.05) is 13.2 Å². The second kappa shape index (κ2) is 4.94. The van der Waals surface area contributed by atoms with Crippen LogP contribution in [0.25, 0.3) is 0 Å². The van der Waals surface area contributed by atoms with Crippen molar-refractivity contribution in [1.29, 1.82) is 0 Å². The largest absolute Gasteiger partial charge is 0.349 e. The maximum absolute atomic E-state index is 5.62. The van der Waals surface area contributed by atoms with Crippen molar-refractivity contribution in [2.75, 3.05) is 19.1 Å². The average molecular weight is 167 g/mol. The molecule has 0 aliphatic heterocycles. The van der Waals surface area contributed by atoms with E-state index in [1.54, 1.807) is 0 Å². The third kappa shape index (κ3) is 3.40. The first-order chi connectivity index (χ1) is 4.68. The van der Waals surface area contributed by atoms with Gasteiger partial charge in [-0.2, -0.15) is 0 Å². The second-order valence-corrected chi connectivity index (χ2v) is 2.40. The molecule has 0 rings (SSSR count). The third-order valence-corrected chi connectivity index (χ3v) is 1.63. The maximum atomic E-state index is 5.62. The fourth-order valence-electron chi connectivity index (χ4n) is 0.729. The van der Waals surface area contributed by atoms with Gasteiger partial charge in [-0.05, 0) is 20.8 Å². The SMILES string of the molecule is CCOC(C)(CCl)OCC. The second-order valence-electron chi connectivity index (χ2n) is 2.13. The maximum Gasteiger partial charge on any atom is 0.178 e. The van der Waals surface area contributed by atoms with Gasteiger partial charge in [0.2, 0.25) is 0 Å². The van der Waals surface area contributed by atoms with Crippen LogP contribution >= 0.6 is 11.6 Å². The molecule has 0 spiro atoms. The van der Waals surface area contributed by atoms with Crippen LogP contribution in [0.4, 0.5) is 0 Å². The lowest BCUT2D eigenvalue weighted by molar-refractivity contribution is -0.205. The standard InChI is InChI=1S/C7H15ClO2/c1-4-9-7(3,6-8)10-5-2/h4-6H2,1-3H3. The zero-order valence-corrected chi connectivity index (χ0v) is 7.57. The Morgan fingerprint density at radius 1 is 1.20 bits per heavy atom. The highest BCUT2D eigenvalue weighted by atomic mass is 35.5. The van der Waals surface area contributed by atoms with Gasteiger partial charge in [0.25, 0.3) is 0 Å². The topological polar surface area (TPSA) is 18.5 Å². The zero-order valence-electron chi connectivity index (χ0n) is 6.82. The molecule has 62 valence electrons. The quantitative estimate of drug-likeness (QED) is 0.460.